The van der Waals surface area contributed by atoms with E-state index >= 15 is 0 Å². The van der Waals surface area contributed by atoms with E-state index in [0.717, 1.165) is 40.8 Å². The molecule has 0 aliphatic carbocycles. The maximum absolute atomic E-state index is 12.6. The number of methoxy groups -OCH3 is 1. The van der Waals surface area contributed by atoms with Crippen LogP contribution in [0.15, 0.2) is 42.5 Å². The van der Waals surface area contributed by atoms with Gasteiger partial charge in [0.15, 0.2) is 0 Å². The molecular formula is C21H21ClN4O2. The molecule has 0 spiro atoms. The van der Waals surface area contributed by atoms with E-state index in [1.165, 1.54) is 0 Å². The molecule has 3 aromatic rings. The molecule has 28 heavy (non-hydrogen) atoms. The predicted molar refractivity (Wildman–Crippen MR) is 112 cm³/mol. The van der Waals surface area contributed by atoms with Crippen molar-refractivity contribution >= 4 is 39.8 Å². The van der Waals surface area contributed by atoms with Crippen molar-refractivity contribution in [2.75, 3.05) is 31.2 Å². The normalized spacial score (nSPS) is 13.9. The molecule has 1 aromatic heterocycles. The summed E-state index contributed by atoms with van der Waals surface area (Å²) in [4.78, 5) is 19.4. The lowest BCUT2D eigenvalue weighted by molar-refractivity contribution is -0.117. The number of anilines is 2. The highest BCUT2D eigenvalue weighted by molar-refractivity contribution is 6.31. The molecule has 144 valence electrons. The van der Waals surface area contributed by atoms with Crippen molar-refractivity contribution in [1.29, 1.82) is 0 Å². The number of nitrogens with two attached hydrogens (primary N) is 1. The molecule has 1 aliphatic rings. The second-order valence-corrected chi connectivity index (χ2v) is 7.26. The number of aromatic nitrogens is 1. The minimum atomic E-state index is -0.128. The van der Waals surface area contributed by atoms with Crippen LogP contribution < -0.4 is 15.8 Å². The van der Waals surface area contributed by atoms with Crippen molar-refractivity contribution in [2.45, 2.75) is 13.0 Å². The molecule has 0 bridgehead atoms. The first-order valence-corrected chi connectivity index (χ1v) is 9.44. The highest BCUT2D eigenvalue weighted by atomic mass is 35.5. The van der Waals surface area contributed by atoms with Crippen LogP contribution in [0.1, 0.15) is 11.3 Å². The van der Waals surface area contributed by atoms with Gasteiger partial charge in [-0.2, -0.15) is 0 Å². The van der Waals surface area contributed by atoms with Crippen molar-refractivity contribution in [3.8, 4) is 5.75 Å². The Morgan fingerprint density at radius 1 is 1.32 bits per heavy atom. The Hall–Kier alpha value is -2.83. The van der Waals surface area contributed by atoms with Gasteiger partial charge in [-0.25, -0.2) is 0 Å². The molecule has 0 atom stereocenters. The van der Waals surface area contributed by atoms with Gasteiger partial charge < -0.3 is 15.8 Å². The Morgan fingerprint density at radius 3 is 2.96 bits per heavy atom. The van der Waals surface area contributed by atoms with Crippen LogP contribution in [0, 0.1) is 0 Å². The number of carbonyl (C=O) groups is 1. The average molecular weight is 397 g/mol. The number of hydrogen-bond acceptors (Lipinski definition) is 5. The second kappa shape index (κ2) is 7.66. The van der Waals surface area contributed by atoms with Crippen LogP contribution in [-0.2, 0) is 17.8 Å². The first-order valence-electron chi connectivity index (χ1n) is 9.07. The molecule has 0 radical (unpaired) electrons. The van der Waals surface area contributed by atoms with E-state index in [0.29, 0.717) is 23.0 Å². The van der Waals surface area contributed by atoms with Crippen LogP contribution >= 0.6 is 11.6 Å². The van der Waals surface area contributed by atoms with E-state index < -0.39 is 0 Å². The van der Waals surface area contributed by atoms with Gasteiger partial charge in [-0.05, 0) is 24.3 Å². The summed E-state index contributed by atoms with van der Waals surface area (Å²) in [6.45, 7) is 1.60. The fourth-order valence-corrected chi connectivity index (χ4v) is 3.76. The van der Waals surface area contributed by atoms with Gasteiger partial charge in [-0.3, -0.25) is 14.7 Å². The molecule has 2 aromatic carbocycles. The van der Waals surface area contributed by atoms with E-state index in [1.54, 1.807) is 25.3 Å². The summed E-state index contributed by atoms with van der Waals surface area (Å²) in [5, 5.41) is 4.37. The number of amides is 1. The number of para-hydroxylation sites is 1. The number of hydrogen-bond donors (Lipinski definition) is 2. The molecule has 0 fully saturated rings. The highest BCUT2D eigenvalue weighted by Crippen LogP contribution is 2.30. The van der Waals surface area contributed by atoms with Crippen molar-refractivity contribution in [1.82, 2.24) is 9.88 Å². The lowest BCUT2D eigenvalue weighted by atomic mass is 10.0. The van der Waals surface area contributed by atoms with Gasteiger partial charge in [0.1, 0.15) is 5.75 Å². The van der Waals surface area contributed by atoms with Crippen molar-refractivity contribution in [3.63, 3.8) is 0 Å². The fourth-order valence-electron chi connectivity index (χ4n) is 3.59. The predicted octanol–water partition coefficient (Wildman–Crippen LogP) is 3.48. The number of nitrogens with zero attached hydrogens (tertiary/aromatic N) is 2. The number of carbonyl (C=O) groups excluding carboxylic acids is 1. The van der Waals surface area contributed by atoms with Gasteiger partial charge in [-0.1, -0.05) is 29.8 Å². The third-order valence-electron chi connectivity index (χ3n) is 4.97. The van der Waals surface area contributed by atoms with Crippen LogP contribution in [0.3, 0.4) is 0 Å². The minimum Gasteiger partial charge on any atom is -0.495 e. The number of pyridine rings is 1. The molecule has 4 rings (SSSR count). The molecule has 7 heteroatoms. The average Bonchev–Trinajstić information content (AvgIpc) is 2.69. The number of rotatable bonds is 4. The third-order valence-corrected chi connectivity index (χ3v) is 5.21. The molecule has 2 heterocycles. The lowest BCUT2D eigenvalue weighted by Crippen LogP contribution is -2.37. The Kier molecular flexibility index (Phi) is 5.07. The molecule has 0 unspecified atom stereocenters. The summed E-state index contributed by atoms with van der Waals surface area (Å²) < 4.78 is 5.28. The second-order valence-electron chi connectivity index (χ2n) is 6.82. The van der Waals surface area contributed by atoms with Crippen molar-refractivity contribution < 1.29 is 9.53 Å². The van der Waals surface area contributed by atoms with Crippen LogP contribution in [0.5, 0.6) is 5.75 Å². The molecule has 6 nitrogen and oxygen atoms in total. The summed E-state index contributed by atoms with van der Waals surface area (Å²) in [6, 6.07) is 13.0. The largest absolute Gasteiger partial charge is 0.495 e. The molecule has 0 saturated heterocycles. The minimum absolute atomic E-state index is 0.128. The van der Waals surface area contributed by atoms with Gasteiger partial charge in [0.25, 0.3) is 0 Å². The van der Waals surface area contributed by atoms with Gasteiger partial charge in [0, 0.05) is 46.9 Å². The number of fused-ring (bicyclic) bond motifs is 2. The fraction of sp³-hybridized carbons (Fsp3) is 0.238. The zero-order valence-corrected chi connectivity index (χ0v) is 16.3. The van der Waals surface area contributed by atoms with Crippen LogP contribution in [0.2, 0.25) is 5.02 Å². The first kappa shape index (κ1) is 18.5. The van der Waals surface area contributed by atoms with E-state index in [-0.39, 0.29) is 12.5 Å². The monoisotopic (exact) mass is 396 g/mol. The summed E-state index contributed by atoms with van der Waals surface area (Å²) in [6.07, 6.45) is 0.762. The summed E-state index contributed by atoms with van der Waals surface area (Å²) in [7, 11) is 1.56. The van der Waals surface area contributed by atoms with Crippen LogP contribution in [-0.4, -0.2) is 36.0 Å². The van der Waals surface area contributed by atoms with Crippen LogP contribution in [0.25, 0.3) is 10.9 Å². The number of nitrogen functional groups attached to an aromatic ring is 1. The number of nitrogens with one attached hydrogen (secondary N) is 1. The smallest absolute Gasteiger partial charge is 0.238 e. The highest BCUT2D eigenvalue weighted by Gasteiger charge is 2.23. The number of halogens is 1. The Morgan fingerprint density at radius 2 is 2.14 bits per heavy atom. The van der Waals surface area contributed by atoms with Gasteiger partial charge >= 0.3 is 0 Å². The number of ether oxygens (including phenoxy) is 1. The van der Waals surface area contributed by atoms with E-state index in [9.17, 15) is 4.79 Å². The van der Waals surface area contributed by atoms with Crippen LogP contribution in [0.4, 0.5) is 11.4 Å². The van der Waals surface area contributed by atoms with E-state index in [1.807, 2.05) is 24.3 Å². The Bertz CT molecular complexity index is 1050. The van der Waals surface area contributed by atoms with E-state index in [4.69, 9.17) is 27.1 Å². The zero-order chi connectivity index (χ0) is 19.7. The zero-order valence-electron chi connectivity index (χ0n) is 15.5. The van der Waals surface area contributed by atoms with Crippen molar-refractivity contribution in [3.05, 3.63) is 58.7 Å². The molecular weight excluding hydrogens is 376 g/mol. The molecule has 3 N–H and O–H groups in total. The SMILES string of the molecule is COc1ccc(Cl)cc1NC(=O)CN1CCc2nc3ccccc3c(N)c2C1. The van der Waals surface area contributed by atoms with Gasteiger partial charge in [0.05, 0.1) is 24.9 Å². The molecule has 1 amide bonds. The molecule has 1 aliphatic heterocycles. The molecule has 0 saturated carbocycles. The summed E-state index contributed by atoms with van der Waals surface area (Å²) in [5.41, 5.74) is 10.7. The topological polar surface area (TPSA) is 80.5 Å². The number of benzene rings is 2. The van der Waals surface area contributed by atoms with Crippen molar-refractivity contribution in [2.24, 2.45) is 0 Å². The Labute approximate surface area is 168 Å². The summed E-state index contributed by atoms with van der Waals surface area (Å²) >= 11 is 6.03. The third kappa shape index (κ3) is 3.61. The maximum Gasteiger partial charge on any atom is 0.238 e. The van der Waals surface area contributed by atoms with Gasteiger partial charge in [-0.15, -0.1) is 0 Å². The van der Waals surface area contributed by atoms with Gasteiger partial charge in [0.2, 0.25) is 5.91 Å². The quantitative estimate of drug-likeness (QED) is 0.705. The lowest BCUT2D eigenvalue weighted by Gasteiger charge is -2.29. The maximum atomic E-state index is 12.6. The first-order chi connectivity index (χ1) is 13.5. The standard InChI is InChI=1S/C21H21ClN4O2/c1-28-19-7-6-13(22)10-18(19)25-20(27)12-26-9-8-17-15(11-26)21(23)14-4-2-3-5-16(14)24-17/h2-7,10H,8-9,11-12H2,1H3,(H2,23,24)(H,25,27). The summed E-state index contributed by atoms with van der Waals surface area (Å²) in [5.74, 6) is 0.443. The van der Waals surface area contributed by atoms with E-state index in [2.05, 4.69) is 10.2 Å². The Balaban J connectivity index is 1.50.